The monoisotopic (exact) mass is 336 g/mol. The van der Waals surface area contributed by atoms with Crippen molar-refractivity contribution < 1.29 is 15.0 Å². The van der Waals surface area contributed by atoms with Crippen LogP contribution in [0.3, 0.4) is 0 Å². The minimum Gasteiger partial charge on any atom is -0.481 e. The van der Waals surface area contributed by atoms with E-state index in [0.29, 0.717) is 6.54 Å². The molecule has 0 amide bonds. The number of nitrogens with two attached hydrogens (primary N) is 1. The number of carboxylic acids is 1. The highest BCUT2D eigenvalue weighted by atomic mass is 16.4. The molecule has 2 atom stereocenters. The molecule has 1 aromatic carbocycles. The highest BCUT2D eigenvalue weighted by Crippen LogP contribution is 2.38. The number of likely N-dealkylation sites (N-methyl/N-ethyl adjacent to an activating group) is 1. The zero-order valence-corrected chi connectivity index (χ0v) is 14.9. The van der Waals surface area contributed by atoms with E-state index in [1.165, 1.54) is 6.42 Å². The molecule has 136 valence electrons. The standard InChI is InChI=1S/C10H15NO.C9H17NO2/c1-8(11-2)10(12)9-6-4-3-5-7-9;10-7-9(6-8(11)12)4-2-1-3-5-9/h3-8,10-12H,1-2H3;1-7,10H2,(H,11,12)/t8-,10+;/m0./s1. The summed E-state index contributed by atoms with van der Waals surface area (Å²) in [7, 11) is 1.84. The zero-order valence-electron chi connectivity index (χ0n) is 14.9. The lowest BCUT2D eigenvalue weighted by molar-refractivity contribution is -0.140. The zero-order chi connectivity index (χ0) is 18.0. The second-order valence-corrected chi connectivity index (χ2v) is 6.77. The van der Waals surface area contributed by atoms with Gasteiger partial charge in [0.2, 0.25) is 0 Å². The maximum atomic E-state index is 10.6. The number of rotatable bonds is 6. The van der Waals surface area contributed by atoms with E-state index in [1.54, 1.807) is 0 Å². The molecular weight excluding hydrogens is 304 g/mol. The fourth-order valence-electron chi connectivity index (χ4n) is 3.17. The Labute approximate surface area is 145 Å². The summed E-state index contributed by atoms with van der Waals surface area (Å²) < 4.78 is 0. The summed E-state index contributed by atoms with van der Waals surface area (Å²) >= 11 is 0. The molecule has 0 spiro atoms. The van der Waals surface area contributed by atoms with Crippen molar-refractivity contribution in [2.24, 2.45) is 11.1 Å². The fourth-order valence-corrected chi connectivity index (χ4v) is 3.17. The number of aliphatic hydroxyl groups is 1. The van der Waals surface area contributed by atoms with Gasteiger partial charge in [-0.05, 0) is 44.3 Å². The number of carbonyl (C=O) groups is 1. The molecule has 1 aliphatic carbocycles. The van der Waals surface area contributed by atoms with Crippen LogP contribution in [0, 0.1) is 5.41 Å². The van der Waals surface area contributed by atoms with E-state index in [2.05, 4.69) is 5.32 Å². The molecular formula is C19H32N2O3. The third-order valence-electron chi connectivity index (χ3n) is 4.94. The van der Waals surface area contributed by atoms with Crippen molar-refractivity contribution >= 4 is 5.97 Å². The van der Waals surface area contributed by atoms with Crippen molar-refractivity contribution in [3.05, 3.63) is 35.9 Å². The predicted octanol–water partition coefficient (Wildman–Crippen LogP) is 2.70. The van der Waals surface area contributed by atoms with Gasteiger partial charge in [0, 0.05) is 6.04 Å². The van der Waals surface area contributed by atoms with Crippen molar-refractivity contribution in [3.8, 4) is 0 Å². The number of nitrogens with one attached hydrogen (secondary N) is 1. The van der Waals surface area contributed by atoms with E-state index in [0.717, 1.165) is 31.2 Å². The third-order valence-corrected chi connectivity index (χ3v) is 4.94. The van der Waals surface area contributed by atoms with Crippen LogP contribution in [0.5, 0.6) is 0 Å². The minimum atomic E-state index is -0.706. The van der Waals surface area contributed by atoms with Gasteiger partial charge in [0.05, 0.1) is 12.5 Å². The maximum absolute atomic E-state index is 10.6. The highest BCUT2D eigenvalue weighted by molar-refractivity contribution is 5.67. The smallest absolute Gasteiger partial charge is 0.303 e. The van der Waals surface area contributed by atoms with Crippen LogP contribution in [0.2, 0.25) is 0 Å². The summed E-state index contributed by atoms with van der Waals surface area (Å²) in [5.41, 5.74) is 6.50. The topological polar surface area (TPSA) is 95.6 Å². The quantitative estimate of drug-likeness (QED) is 0.640. The first-order chi connectivity index (χ1) is 11.4. The SMILES string of the molecule is CN[C@@H](C)[C@@H](O)c1ccccc1.NCC1(CC(=O)O)CCCCC1. The van der Waals surface area contributed by atoms with Gasteiger partial charge in [-0.1, -0.05) is 49.6 Å². The van der Waals surface area contributed by atoms with Gasteiger partial charge < -0.3 is 21.3 Å². The van der Waals surface area contributed by atoms with Gasteiger partial charge in [0.15, 0.2) is 0 Å². The molecule has 5 N–H and O–H groups in total. The number of aliphatic hydroxyl groups excluding tert-OH is 1. The molecule has 5 heteroatoms. The van der Waals surface area contributed by atoms with Gasteiger partial charge in [0.25, 0.3) is 0 Å². The largest absolute Gasteiger partial charge is 0.481 e. The molecule has 1 fully saturated rings. The lowest BCUT2D eigenvalue weighted by Gasteiger charge is -2.34. The second-order valence-electron chi connectivity index (χ2n) is 6.77. The number of benzene rings is 1. The van der Waals surface area contributed by atoms with Crippen molar-refractivity contribution in [2.45, 2.75) is 57.6 Å². The highest BCUT2D eigenvalue weighted by Gasteiger charge is 2.32. The summed E-state index contributed by atoms with van der Waals surface area (Å²) in [5.74, 6) is -0.706. The van der Waals surface area contributed by atoms with Gasteiger partial charge in [-0.2, -0.15) is 0 Å². The number of hydrogen-bond donors (Lipinski definition) is 4. The van der Waals surface area contributed by atoms with Crippen molar-refractivity contribution in [1.82, 2.24) is 5.32 Å². The third kappa shape index (κ3) is 6.59. The Kier molecular flexibility index (Phi) is 8.97. The van der Waals surface area contributed by atoms with E-state index >= 15 is 0 Å². The van der Waals surface area contributed by atoms with Crippen molar-refractivity contribution in [3.63, 3.8) is 0 Å². The first-order valence-electron chi connectivity index (χ1n) is 8.76. The van der Waals surface area contributed by atoms with Crippen LogP contribution in [-0.4, -0.2) is 35.8 Å². The van der Waals surface area contributed by atoms with Crippen molar-refractivity contribution in [2.75, 3.05) is 13.6 Å². The normalized spacial score (nSPS) is 18.8. The molecule has 5 nitrogen and oxygen atoms in total. The van der Waals surface area contributed by atoms with Crippen LogP contribution in [0.1, 0.15) is 57.1 Å². The minimum absolute atomic E-state index is 0.0793. The van der Waals surface area contributed by atoms with Gasteiger partial charge in [0.1, 0.15) is 0 Å². The number of aliphatic carboxylic acids is 1. The lowest BCUT2D eigenvalue weighted by Crippen LogP contribution is -2.34. The molecule has 1 aromatic rings. The molecule has 0 bridgehead atoms. The summed E-state index contributed by atoms with van der Waals surface area (Å²) in [5, 5.41) is 21.4. The predicted molar refractivity (Wildman–Crippen MR) is 96.7 cm³/mol. The molecule has 0 heterocycles. The van der Waals surface area contributed by atoms with E-state index in [-0.39, 0.29) is 17.9 Å². The van der Waals surface area contributed by atoms with Crippen LogP contribution in [-0.2, 0) is 4.79 Å². The Morgan fingerprint density at radius 2 is 1.83 bits per heavy atom. The molecule has 0 saturated heterocycles. The number of hydrogen-bond acceptors (Lipinski definition) is 4. The Morgan fingerprint density at radius 3 is 2.29 bits per heavy atom. The average molecular weight is 336 g/mol. The van der Waals surface area contributed by atoms with E-state index in [9.17, 15) is 9.90 Å². The molecule has 24 heavy (non-hydrogen) atoms. The fraction of sp³-hybridized carbons (Fsp3) is 0.632. The van der Waals surface area contributed by atoms with Crippen LogP contribution in [0.15, 0.2) is 30.3 Å². The van der Waals surface area contributed by atoms with Crippen molar-refractivity contribution in [1.29, 1.82) is 0 Å². The maximum Gasteiger partial charge on any atom is 0.303 e. The van der Waals surface area contributed by atoms with Gasteiger partial charge in [-0.3, -0.25) is 4.79 Å². The summed E-state index contributed by atoms with van der Waals surface area (Å²) in [6.07, 6.45) is 5.35. The Balaban J connectivity index is 0.000000240. The lowest BCUT2D eigenvalue weighted by atomic mass is 9.72. The van der Waals surface area contributed by atoms with Gasteiger partial charge >= 0.3 is 5.97 Å². The number of carboxylic acid groups (broad SMARTS) is 1. The molecule has 0 unspecified atom stereocenters. The van der Waals surface area contributed by atoms with E-state index in [1.807, 2.05) is 44.3 Å². The molecule has 0 radical (unpaired) electrons. The molecule has 2 rings (SSSR count). The van der Waals surface area contributed by atoms with Crippen LogP contribution in [0.4, 0.5) is 0 Å². The first-order valence-corrected chi connectivity index (χ1v) is 8.76. The van der Waals surface area contributed by atoms with E-state index in [4.69, 9.17) is 10.8 Å². The Bertz CT molecular complexity index is 473. The van der Waals surface area contributed by atoms with Gasteiger partial charge in [-0.25, -0.2) is 0 Å². The van der Waals surface area contributed by atoms with Crippen LogP contribution in [0.25, 0.3) is 0 Å². The Hall–Kier alpha value is -1.43. The van der Waals surface area contributed by atoms with Crippen LogP contribution < -0.4 is 11.1 Å². The van der Waals surface area contributed by atoms with Gasteiger partial charge in [-0.15, -0.1) is 0 Å². The molecule has 0 aliphatic heterocycles. The summed E-state index contributed by atoms with van der Waals surface area (Å²) in [4.78, 5) is 10.6. The first kappa shape index (κ1) is 20.6. The molecule has 1 saturated carbocycles. The molecule has 1 aliphatic rings. The molecule has 0 aromatic heterocycles. The average Bonchev–Trinajstić information content (AvgIpc) is 2.62. The summed E-state index contributed by atoms with van der Waals surface area (Å²) in [6, 6.07) is 9.76. The summed E-state index contributed by atoms with van der Waals surface area (Å²) in [6.45, 7) is 2.48. The second kappa shape index (κ2) is 10.4. The van der Waals surface area contributed by atoms with Crippen LogP contribution >= 0.6 is 0 Å². The van der Waals surface area contributed by atoms with E-state index < -0.39 is 12.1 Å². The Morgan fingerprint density at radius 1 is 1.25 bits per heavy atom.